The van der Waals surface area contributed by atoms with Crippen LogP contribution in [-0.4, -0.2) is 33.5 Å². The van der Waals surface area contributed by atoms with Crippen LogP contribution in [0.15, 0.2) is 18.2 Å². The molecule has 1 unspecified atom stereocenters. The Hall–Kier alpha value is -1.29. The Kier molecular flexibility index (Phi) is 7.66. The predicted octanol–water partition coefficient (Wildman–Crippen LogP) is 3.90. The highest BCUT2D eigenvalue weighted by Crippen LogP contribution is 2.22. The van der Waals surface area contributed by atoms with Crippen LogP contribution in [0.2, 0.25) is 5.02 Å². The summed E-state index contributed by atoms with van der Waals surface area (Å²) < 4.78 is 0.713. The monoisotopic (exact) mass is 355 g/mol. The zero-order chi connectivity index (χ0) is 16.7. The number of nitrogens with zero attached hydrogens (tertiary/aromatic N) is 2. The molecule has 0 heterocycles. The second-order valence-corrected chi connectivity index (χ2v) is 6.88. The van der Waals surface area contributed by atoms with Crippen molar-refractivity contribution in [1.82, 2.24) is 4.90 Å². The molecule has 0 bridgehead atoms. The molecule has 0 saturated heterocycles. The van der Waals surface area contributed by atoms with E-state index in [2.05, 4.69) is 5.32 Å². The van der Waals surface area contributed by atoms with Gasteiger partial charge in [0.25, 0.3) is 0 Å². The number of rotatable bonds is 5. The summed E-state index contributed by atoms with van der Waals surface area (Å²) in [5.74, 6) is -0.153. The zero-order valence-electron chi connectivity index (χ0n) is 12.7. The standard InChI is InChI=1S/C15H18ClN3OS2/c1-4-19(5-2)15(21)22-10(3)14(20)18-12-7-6-11(9-17)13(16)8-12/h6-8,10H,4-5H2,1-3H3,(H,18,20). The third kappa shape index (κ3) is 5.16. The van der Waals surface area contributed by atoms with Crippen LogP contribution in [0.5, 0.6) is 0 Å². The first kappa shape index (κ1) is 18.8. The van der Waals surface area contributed by atoms with Gasteiger partial charge in [0.1, 0.15) is 10.4 Å². The van der Waals surface area contributed by atoms with Gasteiger partial charge in [-0.15, -0.1) is 0 Å². The summed E-state index contributed by atoms with van der Waals surface area (Å²) in [7, 11) is 0. The minimum Gasteiger partial charge on any atom is -0.358 e. The first-order valence-corrected chi connectivity index (χ1v) is 8.55. The molecule has 1 atom stereocenters. The molecule has 1 N–H and O–H groups in total. The van der Waals surface area contributed by atoms with Crippen molar-refractivity contribution < 1.29 is 4.79 Å². The van der Waals surface area contributed by atoms with Crippen molar-refractivity contribution in [2.45, 2.75) is 26.0 Å². The number of amides is 1. The summed E-state index contributed by atoms with van der Waals surface area (Å²) in [6.07, 6.45) is 0. The molecule has 0 saturated carbocycles. The number of carbonyl (C=O) groups excluding carboxylic acids is 1. The summed E-state index contributed by atoms with van der Waals surface area (Å²) in [5, 5.41) is 11.6. The van der Waals surface area contributed by atoms with E-state index in [4.69, 9.17) is 29.1 Å². The van der Waals surface area contributed by atoms with Crippen LogP contribution in [-0.2, 0) is 4.79 Å². The van der Waals surface area contributed by atoms with Gasteiger partial charge in [-0.05, 0) is 39.0 Å². The van der Waals surface area contributed by atoms with Crippen LogP contribution in [0.1, 0.15) is 26.3 Å². The van der Waals surface area contributed by atoms with Gasteiger partial charge in [-0.25, -0.2) is 0 Å². The first-order chi connectivity index (χ1) is 10.4. The molecular weight excluding hydrogens is 338 g/mol. The van der Waals surface area contributed by atoms with E-state index in [1.807, 2.05) is 24.8 Å². The lowest BCUT2D eigenvalue weighted by atomic mass is 10.2. The lowest BCUT2D eigenvalue weighted by Crippen LogP contribution is -2.31. The molecule has 1 aromatic carbocycles. The fraction of sp³-hybridized carbons (Fsp3) is 0.400. The fourth-order valence-corrected chi connectivity index (χ4v) is 3.48. The number of nitrogens with one attached hydrogen (secondary N) is 1. The van der Waals surface area contributed by atoms with Crippen LogP contribution < -0.4 is 5.32 Å². The molecule has 1 aromatic rings. The highest BCUT2D eigenvalue weighted by atomic mass is 35.5. The molecule has 0 radical (unpaired) electrons. The Balaban J connectivity index is 2.67. The van der Waals surface area contributed by atoms with E-state index >= 15 is 0 Å². The van der Waals surface area contributed by atoms with Crippen LogP contribution in [0.25, 0.3) is 0 Å². The predicted molar refractivity (Wildman–Crippen MR) is 97.4 cm³/mol. The summed E-state index contributed by atoms with van der Waals surface area (Å²) >= 11 is 12.6. The number of nitriles is 1. The third-order valence-electron chi connectivity index (χ3n) is 3.03. The van der Waals surface area contributed by atoms with Crippen molar-refractivity contribution in [2.24, 2.45) is 0 Å². The van der Waals surface area contributed by atoms with E-state index in [9.17, 15) is 4.79 Å². The Morgan fingerprint density at radius 1 is 1.50 bits per heavy atom. The van der Waals surface area contributed by atoms with E-state index in [-0.39, 0.29) is 11.2 Å². The summed E-state index contributed by atoms with van der Waals surface area (Å²) in [4.78, 5) is 14.2. The van der Waals surface area contributed by atoms with Gasteiger partial charge in [-0.1, -0.05) is 35.6 Å². The molecule has 0 spiro atoms. The number of anilines is 1. The molecule has 118 valence electrons. The maximum absolute atomic E-state index is 12.2. The fourth-order valence-electron chi connectivity index (χ4n) is 1.69. The highest BCUT2D eigenvalue weighted by molar-refractivity contribution is 8.23. The highest BCUT2D eigenvalue weighted by Gasteiger charge is 2.18. The van der Waals surface area contributed by atoms with Crippen LogP contribution in [0.3, 0.4) is 0 Å². The number of hydrogen-bond donors (Lipinski definition) is 1. The minimum atomic E-state index is -0.317. The van der Waals surface area contributed by atoms with Crippen molar-refractivity contribution in [3.8, 4) is 6.07 Å². The van der Waals surface area contributed by atoms with Gasteiger partial charge >= 0.3 is 0 Å². The maximum Gasteiger partial charge on any atom is 0.237 e. The lowest BCUT2D eigenvalue weighted by Gasteiger charge is -2.22. The second kappa shape index (κ2) is 8.99. The summed E-state index contributed by atoms with van der Waals surface area (Å²) in [5.41, 5.74) is 0.944. The quantitative estimate of drug-likeness (QED) is 0.812. The smallest absolute Gasteiger partial charge is 0.237 e. The molecule has 0 aliphatic carbocycles. The molecule has 0 aliphatic rings. The van der Waals surface area contributed by atoms with Gasteiger partial charge in [-0.3, -0.25) is 4.79 Å². The van der Waals surface area contributed by atoms with Crippen LogP contribution in [0.4, 0.5) is 5.69 Å². The number of thiocarbonyl (C=S) groups is 1. The molecule has 22 heavy (non-hydrogen) atoms. The van der Waals surface area contributed by atoms with Crippen molar-refractivity contribution in [3.05, 3.63) is 28.8 Å². The maximum atomic E-state index is 12.2. The average Bonchev–Trinajstić information content (AvgIpc) is 2.48. The van der Waals surface area contributed by atoms with Crippen molar-refractivity contribution in [1.29, 1.82) is 5.26 Å². The zero-order valence-corrected chi connectivity index (χ0v) is 15.1. The molecule has 0 aromatic heterocycles. The van der Waals surface area contributed by atoms with Gasteiger partial charge in [0, 0.05) is 18.8 Å². The molecule has 0 aliphatic heterocycles. The third-order valence-corrected chi connectivity index (χ3v) is 4.91. The summed E-state index contributed by atoms with van der Waals surface area (Å²) in [6.45, 7) is 7.50. The van der Waals surface area contributed by atoms with Crippen molar-refractivity contribution in [3.63, 3.8) is 0 Å². The SMILES string of the molecule is CCN(CC)C(=S)SC(C)C(=O)Nc1ccc(C#N)c(Cl)c1. The molecular formula is C15H18ClN3OS2. The Bertz CT molecular complexity index is 597. The van der Waals surface area contributed by atoms with Crippen molar-refractivity contribution in [2.75, 3.05) is 18.4 Å². The molecule has 0 fully saturated rings. The van der Waals surface area contributed by atoms with Gasteiger partial charge in [0.2, 0.25) is 5.91 Å². The van der Waals surface area contributed by atoms with E-state index in [1.165, 1.54) is 11.8 Å². The molecule has 7 heteroatoms. The molecule has 1 rings (SSSR count). The normalized spacial score (nSPS) is 11.4. The van der Waals surface area contributed by atoms with E-state index < -0.39 is 0 Å². The number of benzene rings is 1. The average molecular weight is 356 g/mol. The second-order valence-electron chi connectivity index (χ2n) is 4.49. The largest absolute Gasteiger partial charge is 0.358 e. The Morgan fingerprint density at radius 3 is 2.64 bits per heavy atom. The summed E-state index contributed by atoms with van der Waals surface area (Å²) in [6, 6.07) is 6.78. The van der Waals surface area contributed by atoms with Crippen LogP contribution >= 0.6 is 35.6 Å². The van der Waals surface area contributed by atoms with E-state index in [1.54, 1.807) is 25.1 Å². The molecule has 4 nitrogen and oxygen atoms in total. The molecule has 1 amide bonds. The van der Waals surface area contributed by atoms with Gasteiger partial charge < -0.3 is 10.2 Å². The number of hydrogen-bond acceptors (Lipinski definition) is 4. The van der Waals surface area contributed by atoms with Gasteiger partial charge in [0.05, 0.1) is 15.8 Å². The van der Waals surface area contributed by atoms with Crippen molar-refractivity contribution >= 4 is 51.5 Å². The number of halogens is 1. The van der Waals surface area contributed by atoms with E-state index in [0.717, 1.165) is 13.1 Å². The first-order valence-electron chi connectivity index (χ1n) is 6.88. The lowest BCUT2D eigenvalue weighted by molar-refractivity contribution is -0.115. The Morgan fingerprint density at radius 2 is 2.14 bits per heavy atom. The van der Waals surface area contributed by atoms with Crippen LogP contribution in [0, 0.1) is 11.3 Å². The minimum absolute atomic E-state index is 0.153. The van der Waals surface area contributed by atoms with Gasteiger partial charge in [-0.2, -0.15) is 5.26 Å². The topological polar surface area (TPSA) is 56.1 Å². The Labute approximate surface area is 145 Å². The number of thioether (sulfide) groups is 1. The van der Waals surface area contributed by atoms with E-state index in [0.29, 0.717) is 20.6 Å². The number of carbonyl (C=O) groups is 1. The van der Waals surface area contributed by atoms with Gasteiger partial charge in [0.15, 0.2) is 0 Å².